The number of amides is 1. The lowest BCUT2D eigenvalue weighted by Crippen LogP contribution is -2.47. The summed E-state index contributed by atoms with van der Waals surface area (Å²) in [5.74, 6) is 1.45. The summed E-state index contributed by atoms with van der Waals surface area (Å²) in [6.45, 7) is 5.32. The van der Waals surface area contributed by atoms with Gasteiger partial charge in [0, 0.05) is 24.8 Å². The average Bonchev–Trinajstić information content (AvgIpc) is 2.21. The highest BCUT2D eigenvalue weighted by Gasteiger charge is 2.29. The van der Waals surface area contributed by atoms with Gasteiger partial charge in [-0.1, -0.05) is 13.8 Å². The van der Waals surface area contributed by atoms with Crippen molar-refractivity contribution in [2.24, 2.45) is 11.8 Å². The molecule has 0 aromatic carbocycles. The van der Waals surface area contributed by atoms with Crippen LogP contribution >= 0.6 is 11.8 Å². The SMILES string of the molecule is CSCC(C)C(=O)N1CCC(C)C(O)C1. The van der Waals surface area contributed by atoms with E-state index in [1.165, 1.54) is 0 Å². The number of piperidine rings is 1. The topological polar surface area (TPSA) is 40.5 Å². The predicted molar refractivity (Wildman–Crippen MR) is 63.9 cm³/mol. The maximum atomic E-state index is 11.9. The van der Waals surface area contributed by atoms with Crippen LogP contribution in [0.2, 0.25) is 0 Å². The summed E-state index contributed by atoms with van der Waals surface area (Å²) in [7, 11) is 0. The molecular weight excluding hydrogens is 210 g/mol. The van der Waals surface area contributed by atoms with Crippen molar-refractivity contribution in [3.8, 4) is 0 Å². The van der Waals surface area contributed by atoms with Gasteiger partial charge in [-0.2, -0.15) is 11.8 Å². The highest BCUT2D eigenvalue weighted by Crippen LogP contribution is 2.19. The van der Waals surface area contributed by atoms with E-state index in [4.69, 9.17) is 0 Å². The minimum absolute atomic E-state index is 0.0700. The number of aliphatic hydroxyl groups is 1. The van der Waals surface area contributed by atoms with E-state index in [9.17, 15) is 9.90 Å². The van der Waals surface area contributed by atoms with Crippen LogP contribution in [0.3, 0.4) is 0 Å². The Kier molecular flexibility index (Phi) is 4.93. The van der Waals surface area contributed by atoms with Crippen molar-refractivity contribution in [1.29, 1.82) is 0 Å². The number of rotatable bonds is 3. The molecule has 15 heavy (non-hydrogen) atoms. The van der Waals surface area contributed by atoms with Gasteiger partial charge in [0.25, 0.3) is 0 Å². The molecule has 1 saturated heterocycles. The van der Waals surface area contributed by atoms with Crippen LogP contribution < -0.4 is 0 Å². The van der Waals surface area contributed by atoms with Gasteiger partial charge in [-0.05, 0) is 18.6 Å². The largest absolute Gasteiger partial charge is 0.391 e. The molecule has 3 nitrogen and oxygen atoms in total. The summed E-state index contributed by atoms with van der Waals surface area (Å²) < 4.78 is 0. The summed E-state index contributed by atoms with van der Waals surface area (Å²) in [6, 6.07) is 0. The summed E-state index contributed by atoms with van der Waals surface area (Å²) in [6.07, 6.45) is 2.58. The molecule has 0 aromatic rings. The lowest BCUT2D eigenvalue weighted by molar-refractivity contribution is -0.138. The van der Waals surface area contributed by atoms with E-state index >= 15 is 0 Å². The van der Waals surface area contributed by atoms with Crippen molar-refractivity contribution in [2.45, 2.75) is 26.4 Å². The van der Waals surface area contributed by atoms with Crippen molar-refractivity contribution >= 4 is 17.7 Å². The van der Waals surface area contributed by atoms with E-state index in [0.29, 0.717) is 12.5 Å². The van der Waals surface area contributed by atoms with Crippen molar-refractivity contribution in [1.82, 2.24) is 4.90 Å². The molecule has 0 saturated carbocycles. The molecule has 1 fully saturated rings. The fourth-order valence-electron chi connectivity index (χ4n) is 1.88. The number of nitrogens with zero attached hydrogens (tertiary/aromatic N) is 1. The second kappa shape index (κ2) is 5.75. The van der Waals surface area contributed by atoms with E-state index in [1.54, 1.807) is 11.8 Å². The van der Waals surface area contributed by atoms with Gasteiger partial charge in [0.15, 0.2) is 0 Å². The standard InChI is InChI=1S/C11H21NO2S/c1-8-4-5-12(6-10(8)13)11(14)9(2)7-15-3/h8-10,13H,4-7H2,1-3H3. The van der Waals surface area contributed by atoms with Crippen molar-refractivity contribution in [3.05, 3.63) is 0 Å². The number of aliphatic hydroxyl groups excluding tert-OH is 1. The van der Waals surface area contributed by atoms with Gasteiger partial charge < -0.3 is 10.0 Å². The molecule has 1 heterocycles. The third-order valence-corrected chi connectivity index (χ3v) is 3.90. The maximum Gasteiger partial charge on any atom is 0.226 e. The van der Waals surface area contributed by atoms with Crippen LogP contribution in [-0.4, -0.2) is 47.1 Å². The van der Waals surface area contributed by atoms with Crippen LogP contribution in [-0.2, 0) is 4.79 Å². The molecule has 3 atom stereocenters. The highest BCUT2D eigenvalue weighted by atomic mass is 32.2. The quantitative estimate of drug-likeness (QED) is 0.794. The van der Waals surface area contributed by atoms with Gasteiger partial charge in [-0.25, -0.2) is 0 Å². The molecule has 88 valence electrons. The van der Waals surface area contributed by atoms with Crippen LogP contribution in [0.5, 0.6) is 0 Å². The van der Waals surface area contributed by atoms with Gasteiger partial charge in [-0.15, -0.1) is 0 Å². The maximum absolute atomic E-state index is 11.9. The smallest absolute Gasteiger partial charge is 0.226 e. The summed E-state index contributed by atoms with van der Waals surface area (Å²) in [5.41, 5.74) is 0. The lowest BCUT2D eigenvalue weighted by atomic mass is 9.95. The van der Waals surface area contributed by atoms with Crippen molar-refractivity contribution < 1.29 is 9.90 Å². The van der Waals surface area contributed by atoms with Gasteiger partial charge in [0.05, 0.1) is 6.10 Å². The first-order chi connectivity index (χ1) is 7.06. The van der Waals surface area contributed by atoms with Crippen molar-refractivity contribution in [2.75, 3.05) is 25.1 Å². The van der Waals surface area contributed by atoms with Crippen LogP contribution in [0.15, 0.2) is 0 Å². The third-order valence-electron chi connectivity index (χ3n) is 3.07. The van der Waals surface area contributed by atoms with Gasteiger partial charge >= 0.3 is 0 Å². The normalized spacial score (nSPS) is 28.9. The van der Waals surface area contributed by atoms with Crippen LogP contribution in [0.4, 0.5) is 0 Å². The molecular formula is C11H21NO2S. The monoisotopic (exact) mass is 231 g/mol. The predicted octanol–water partition coefficient (Wildman–Crippen LogP) is 1.21. The number of likely N-dealkylation sites (tertiary alicyclic amines) is 1. The second-order valence-corrected chi connectivity index (χ2v) is 5.38. The molecule has 0 spiro atoms. The number of β-amino-alcohol motifs (C(OH)–C–C–N with tert-alkyl or cyclic N) is 1. The fourth-order valence-corrected chi connectivity index (χ4v) is 2.52. The Morgan fingerprint density at radius 2 is 2.33 bits per heavy atom. The number of hydrogen-bond donors (Lipinski definition) is 1. The minimum Gasteiger partial charge on any atom is -0.391 e. The zero-order valence-electron chi connectivity index (χ0n) is 9.77. The van der Waals surface area contributed by atoms with E-state index in [0.717, 1.165) is 18.7 Å². The fraction of sp³-hybridized carbons (Fsp3) is 0.909. The molecule has 0 aromatic heterocycles. The Balaban J connectivity index is 2.47. The number of hydrogen-bond acceptors (Lipinski definition) is 3. The summed E-state index contributed by atoms with van der Waals surface area (Å²) >= 11 is 1.69. The Morgan fingerprint density at radius 3 is 2.87 bits per heavy atom. The summed E-state index contributed by atoms with van der Waals surface area (Å²) in [4.78, 5) is 13.8. The molecule has 0 bridgehead atoms. The second-order valence-electron chi connectivity index (χ2n) is 4.47. The first kappa shape index (κ1) is 12.8. The Labute approximate surface area is 96.2 Å². The summed E-state index contributed by atoms with van der Waals surface area (Å²) in [5, 5.41) is 9.71. The Hall–Kier alpha value is -0.220. The number of carbonyl (C=O) groups excluding carboxylic acids is 1. The van der Waals surface area contributed by atoms with E-state index in [2.05, 4.69) is 0 Å². The zero-order chi connectivity index (χ0) is 11.4. The Morgan fingerprint density at radius 1 is 1.67 bits per heavy atom. The number of carbonyl (C=O) groups is 1. The molecule has 4 heteroatoms. The molecule has 0 aliphatic carbocycles. The molecule has 1 N–H and O–H groups in total. The van der Waals surface area contributed by atoms with Crippen LogP contribution in [0.1, 0.15) is 20.3 Å². The minimum atomic E-state index is -0.343. The van der Waals surface area contributed by atoms with Gasteiger partial charge in [-0.3, -0.25) is 4.79 Å². The van der Waals surface area contributed by atoms with Crippen molar-refractivity contribution in [3.63, 3.8) is 0 Å². The molecule has 1 amide bonds. The van der Waals surface area contributed by atoms with E-state index in [-0.39, 0.29) is 17.9 Å². The van der Waals surface area contributed by atoms with Crippen LogP contribution in [0.25, 0.3) is 0 Å². The molecule has 0 radical (unpaired) electrons. The van der Waals surface area contributed by atoms with E-state index in [1.807, 2.05) is 25.0 Å². The molecule has 1 rings (SSSR count). The highest BCUT2D eigenvalue weighted by molar-refractivity contribution is 7.98. The first-order valence-electron chi connectivity index (χ1n) is 5.52. The number of thioether (sulfide) groups is 1. The first-order valence-corrected chi connectivity index (χ1v) is 6.91. The molecule has 1 aliphatic heterocycles. The molecule has 1 aliphatic rings. The third kappa shape index (κ3) is 3.38. The van der Waals surface area contributed by atoms with Crippen LogP contribution in [0, 0.1) is 11.8 Å². The van der Waals surface area contributed by atoms with Gasteiger partial charge in [0.1, 0.15) is 0 Å². The average molecular weight is 231 g/mol. The van der Waals surface area contributed by atoms with E-state index < -0.39 is 0 Å². The zero-order valence-corrected chi connectivity index (χ0v) is 10.6. The molecule has 3 unspecified atom stereocenters. The lowest BCUT2D eigenvalue weighted by Gasteiger charge is -2.35. The van der Waals surface area contributed by atoms with Gasteiger partial charge in [0.2, 0.25) is 5.91 Å². The Bertz CT molecular complexity index is 223.